The zero-order valence-corrected chi connectivity index (χ0v) is 10.1. The van der Waals surface area contributed by atoms with Crippen molar-refractivity contribution in [3.8, 4) is 0 Å². The van der Waals surface area contributed by atoms with Crippen molar-refractivity contribution in [2.75, 3.05) is 33.3 Å². The van der Waals surface area contributed by atoms with Crippen LogP contribution in [0.3, 0.4) is 0 Å². The SMILES string of the molecule is CN(CCc1ccc[nH]1)C(=O)C1CNCCO1. The van der Waals surface area contributed by atoms with Crippen LogP contribution in [0.1, 0.15) is 5.69 Å². The van der Waals surface area contributed by atoms with Gasteiger partial charge in [-0.25, -0.2) is 0 Å². The Balaban J connectivity index is 1.78. The summed E-state index contributed by atoms with van der Waals surface area (Å²) in [5.74, 6) is 0.0590. The fraction of sp³-hybridized carbons (Fsp3) is 0.583. The van der Waals surface area contributed by atoms with Crippen LogP contribution in [-0.2, 0) is 16.0 Å². The van der Waals surface area contributed by atoms with E-state index in [0.717, 1.165) is 18.7 Å². The van der Waals surface area contributed by atoms with Gasteiger partial charge < -0.3 is 19.9 Å². The summed E-state index contributed by atoms with van der Waals surface area (Å²) in [6.45, 7) is 2.77. The number of aromatic nitrogens is 1. The number of hydrogen-bond donors (Lipinski definition) is 2. The molecule has 1 saturated heterocycles. The molecule has 1 amide bonds. The van der Waals surface area contributed by atoms with E-state index in [1.165, 1.54) is 0 Å². The average Bonchev–Trinajstić information content (AvgIpc) is 2.89. The fourth-order valence-electron chi connectivity index (χ4n) is 1.89. The van der Waals surface area contributed by atoms with Crippen LogP contribution in [-0.4, -0.2) is 55.2 Å². The van der Waals surface area contributed by atoms with Gasteiger partial charge in [-0.15, -0.1) is 0 Å². The third kappa shape index (κ3) is 3.31. The van der Waals surface area contributed by atoms with Crippen molar-refractivity contribution in [3.05, 3.63) is 24.0 Å². The molecular formula is C12H19N3O2. The van der Waals surface area contributed by atoms with E-state index in [1.807, 2.05) is 25.4 Å². The molecule has 94 valence electrons. The Hall–Kier alpha value is -1.33. The number of rotatable bonds is 4. The summed E-state index contributed by atoms with van der Waals surface area (Å²) in [5.41, 5.74) is 1.15. The summed E-state index contributed by atoms with van der Waals surface area (Å²) < 4.78 is 5.44. The lowest BCUT2D eigenvalue weighted by atomic mass is 10.2. The smallest absolute Gasteiger partial charge is 0.252 e. The Bertz CT molecular complexity index is 345. The summed E-state index contributed by atoms with van der Waals surface area (Å²) in [6.07, 6.45) is 2.41. The van der Waals surface area contributed by atoms with Crippen molar-refractivity contribution in [3.63, 3.8) is 0 Å². The standard InChI is InChI=1S/C12H19N3O2/c1-15(7-4-10-3-2-5-14-10)12(16)11-9-13-6-8-17-11/h2-3,5,11,13-14H,4,6-9H2,1H3. The molecule has 0 saturated carbocycles. The van der Waals surface area contributed by atoms with Gasteiger partial charge in [-0.05, 0) is 12.1 Å². The molecule has 0 bridgehead atoms. The molecule has 2 heterocycles. The number of H-pyrrole nitrogens is 1. The zero-order chi connectivity index (χ0) is 12.1. The molecule has 5 nitrogen and oxygen atoms in total. The number of carbonyl (C=O) groups excluding carboxylic acids is 1. The molecule has 1 aromatic rings. The number of ether oxygens (including phenoxy) is 1. The Morgan fingerprint density at radius 3 is 3.18 bits per heavy atom. The Morgan fingerprint density at radius 1 is 1.65 bits per heavy atom. The highest BCUT2D eigenvalue weighted by Crippen LogP contribution is 2.03. The molecule has 0 aromatic carbocycles. The topological polar surface area (TPSA) is 57.4 Å². The third-order valence-electron chi connectivity index (χ3n) is 2.96. The molecule has 1 atom stereocenters. The van der Waals surface area contributed by atoms with Crippen LogP contribution in [0.15, 0.2) is 18.3 Å². The molecule has 1 fully saturated rings. The van der Waals surface area contributed by atoms with Gasteiger partial charge in [0.2, 0.25) is 0 Å². The van der Waals surface area contributed by atoms with Gasteiger partial charge in [0.1, 0.15) is 6.10 Å². The first kappa shape index (κ1) is 12.1. The molecule has 1 aromatic heterocycles. The number of hydrogen-bond acceptors (Lipinski definition) is 3. The minimum absolute atomic E-state index is 0.0590. The van der Waals surface area contributed by atoms with Gasteiger partial charge in [0.15, 0.2) is 0 Å². The number of likely N-dealkylation sites (N-methyl/N-ethyl adjacent to an activating group) is 1. The van der Waals surface area contributed by atoms with Crippen LogP contribution in [0, 0.1) is 0 Å². The number of morpholine rings is 1. The Morgan fingerprint density at radius 2 is 2.53 bits per heavy atom. The highest BCUT2D eigenvalue weighted by atomic mass is 16.5. The maximum absolute atomic E-state index is 12.0. The molecule has 5 heteroatoms. The maximum atomic E-state index is 12.0. The first-order valence-electron chi connectivity index (χ1n) is 5.97. The lowest BCUT2D eigenvalue weighted by Crippen LogP contribution is -2.48. The van der Waals surface area contributed by atoms with Crippen molar-refractivity contribution < 1.29 is 9.53 Å². The van der Waals surface area contributed by atoms with Crippen LogP contribution in [0.25, 0.3) is 0 Å². The van der Waals surface area contributed by atoms with E-state index in [4.69, 9.17) is 4.74 Å². The van der Waals surface area contributed by atoms with E-state index in [-0.39, 0.29) is 12.0 Å². The van der Waals surface area contributed by atoms with E-state index in [1.54, 1.807) is 4.90 Å². The summed E-state index contributed by atoms with van der Waals surface area (Å²) in [7, 11) is 1.82. The second-order valence-electron chi connectivity index (χ2n) is 4.27. The van der Waals surface area contributed by atoms with E-state index in [0.29, 0.717) is 19.7 Å². The molecule has 0 aliphatic carbocycles. The molecule has 0 radical (unpaired) electrons. The Kier molecular flexibility index (Phi) is 4.17. The Labute approximate surface area is 101 Å². The van der Waals surface area contributed by atoms with E-state index >= 15 is 0 Å². The van der Waals surface area contributed by atoms with Crippen molar-refractivity contribution in [1.82, 2.24) is 15.2 Å². The lowest BCUT2D eigenvalue weighted by molar-refractivity contribution is -0.143. The first-order valence-corrected chi connectivity index (χ1v) is 5.97. The molecule has 1 aliphatic rings. The normalized spacial score (nSPS) is 20.2. The molecule has 1 aliphatic heterocycles. The molecule has 2 N–H and O–H groups in total. The third-order valence-corrected chi connectivity index (χ3v) is 2.96. The predicted molar refractivity (Wildman–Crippen MR) is 64.7 cm³/mol. The van der Waals surface area contributed by atoms with Crippen LogP contribution < -0.4 is 5.32 Å². The van der Waals surface area contributed by atoms with Gasteiger partial charge in [-0.1, -0.05) is 0 Å². The molecular weight excluding hydrogens is 218 g/mol. The average molecular weight is 237 g/mol. The maximum Gasteiger partial charge on any atom is 0.252 e. The summed E-state index contributed by atoms with van der Waals surface area (Å²) >= 11 is 0. The molecule has 0 spiro atoms. The second-order valence-corrected chi connectivity index (χ2v) is 4.27. The van der Waals surface area contributed by atoms with Crippen molar-refractivity contribution in [1.29, 1.82) is 0 Å². The number of nitrogens with one attached hydrogen (secondary N) is 2. The highest BCUT2D eigenvalue weighted by molar-refractivity contribution is 5.81. The minimum Gasteiger partial charge on any atom is -0.366 e. The summed E-state index contributed by atoms with van der Waals surface area (Å²) in [6, 6.07) is 3.99. The van der Waals surface area contributed by atoms with E-state index in [9.17, 15) is 4.79 Å². The highest BCUT2D eigenvalue weighted by Gasteiger charge is 2.24. The molecule has 2 rings (SSSR count). The summed E-state index contributed by atoms with van der Waals surface area (Å²) in [4.78, 5) is 16.9. The largest absolute Gasteiger partial charge is 0.366 e. The van der Waals surface area contributed by atoms with Crippen molar-refractivity contribution in [2.24, 2.45) is 0 Å². The van der Waals surface area contributed by atoms with Crippen molar-refractivity contribution >= 4 is 5.91 Å². The van der Waals surface area contributed by atoms with Crippen LogP contribution in [0.4, 0.5) is 0 Å². The van der Waals surface area contributed by atoms with Gasteiger partial charge in [-0.2, -0.15) is 0 Å². The first-order chi connectivity index (χ1) is 8.27. The quantitative estimate of drug-likeness (QED) is 0.775. The van der Waals surface area contributed by atoms with E-state index in [2.05, 4.69) is 10.3 Å². The van der Waals surface area contributed by atoms with Gasteiger partial charge >= 0.3 is 0 Å². The van der Waals surface area contributed by atoms with Gasteiger partial charge in [0.05, 0.1) is 6.61 Å². The van der Waals surface area contributed by atoms with Gasteiger partial charge in [0, 0.05) is 45.0 Å². The monoisotopic (exact) mass is 237 g/mol. The fourth-order valence-corrected chi connectivity index (χ4v) is 1.89. The van der Waals surface area contributed by atoms with Gasteiger partial charge in [-0.3, -0.25) is 4.79 Å². The van der Waals surface area contributed by atoms with Crippen LogP contribution in [0.2, 0.25) is 0 Å². The zero-order valence-electron chi connectivity index (χ0n) is 10.1. The second kappa shape index (κ2) is 5.84. The number of aromatic amines is 1. The van der Waals surface area contributed by atoms with E-state index < -0.39 is 0 Å². The molecule has 17 heavy (non-hydrogen) atoms. The lowest BCUT2D eigenvalue weighted by Gasteiger charge is -2.27. The minimum atomic E-state index is -0.322. The predicted octanol–water partition coefficient (Wildman–Crippen LogP) is 0.00400. The van der Waals surface area contributed by atoms with Crippen LogP contribution in [0.5, 0.6) is 0 Å². The van der Waals surface area contributed by atoms with Crippen molar-refractivity contribution in [2.45, 2.75) is 12.5 Å². The summed E-state index contributed by atoms with van der Waals surface area (Å²) in [5, 5.41) is 3.16. The molecule has 1 unspecified atom stereocenters. The van der Waals surface area contributed by atoms with Gasteiger partial charge in [0.25, 0.3) is 5.91 Å². The number of amides is 1. The number of nitrogens with zero attached hydrogens (tertiary/aromatic N) is 1. The number of carbonyl (C=O) groups is 1. The van der Waals surface area contributed by atoms with Crippen LogP contribution >= 0.6 is 0 Å².